The van der Waals surface area contributed by atoms with E-state index < -0.39 is 17.2 Å². The lowest BCUT2D eigenvalue weighted by molar-refractivity contribution is -0.128. The third-order valence-electron chi connectivity index (χ3n) is 5.93. The van der Waals surface area contributed by atoms with Crippen molar-refractivity contribution in [2.24, 2.45) is 4.99 Å². The van der Waals surface area contributed by atoms with Crippen LogP contribution in [0.15, 0.2) is 77.8 Å². The molecule has 4 rings (SSSR count). The maximum atomic E-state index is 13.5. The number of carbonyl (C=O) groups is 4. The minimum Gasteiger partial charge on any atom is -0.462 e. The molecule has 11 heteroatoms. The van der Waals surface area contributed by atoms with Crippen molar-refractivity contribution in [3.8, 4) is 0 Å². The fourth-order valence-corrected chi connectivity index (χ4v) is 5.21. The first kappa shape index (κ1) is 29.8. The summed E-state index contributed by atoms with van der Waals surface area (Å²) >= 11 is 7.22. The molecule has 3 aromatic carbocycles. The summed E-state index contributed by atoms with van der Waals surface area (Å²) in [6, 6.07) is 20.0. The van der Waals surface area contributed by atoms with Crippen molar-refractivity contribution in [3.63, 3.8) is 0 Å². The van der Waals surface area contributed by atoms with Crippen LogP contribution in [-0.4, -0.2) is 52.3 Å². The first-order valence-electron chi connectivity index (χ1n) is 12.9. The molecule has 2 amide bonds. The van der Waals surface area contributed by atoms with Gasteiger partial charge in [0.15, 0.2) is 5.17 Å². The first-order chi connectivity index (χ1) is 19.8. The second kappa shape index (κ2) is 14.0. The van der Waals surface area contributed by atoms with E-state index >= 15 is 0 Å². The topological polar surface area (TPSA) is 114 Å². The molecular formula is C30H28ClN3O6S. The van der Waals surface area contributed by atoms with Crippen molar-refractivity contribution >= 4 is 63.7 Å². The Bertz CT molecular complexity index is 1440. The number of amides is 2. The van der Waals surface area contributed by atoms with Gasteiger partial charge in [0.25, 0.3) is 0 Å². The van der Waals surface area contributed by atoms with Crippen molar-refractivity contribution in [1.82, 2.24) is 4.90 Å². The molecular weight excluding hydrogens is 566 g/mol. The van der Waals surface area contributed by atoms with Gasteiger partial charge in [0.1, 0.15) is 5.25 Å². The van der Waals surface area contributed by atoms with Crippen LogP contribution in [0.4, 0.5) is 11.4 Å². The predicted molar refractivity (Wildman–Crippen MR) is 159 cm³/mol. The van der Waals surface area contributed by atoms with E-state index in [1.54, 1.807) is 79.4 Å². The van der Waals surface area contributed by atoms with Crippen LogP contribution in [0.3, 0.4) is 0 Å². The van der Waals surface area contributed by atoms with Crippen molar-refractivity contribution in [1.29, 1.82) is 0 Å². The summed E-state index contributed by atoms with van der Waals surface area (Å²) in [5.41, 5.74) is 2.66. The summed E-state index contributed by atoms with van der Waals surface area (Å²) in [6.45, 7) is 4.25. The summed E-state index contributed by atoms with van der Waals surface area (Å²) < 4.78 is 10.0. The number of hydrogen-bond acceptors (Lipinski definition) is 8. The van der Waals surface area contributed by atoms with E-state index in [0.717, 1.165) is 5.56 Å². The predicted octanol–water partition coefficient (Wildman–Crippen LogP) is 5.85. The monoisotopic (exact) mass is 593 g/mol. The van der Waals surface area contributed by atoms with Gasteiger partial charge in [-0.3, -0.25) is 14.5 Å². The number of nitrogens with zero attached hydrogens (tertiary/aromatic N) is 2. The van der Waals surface area contributed by atoms with E-state index in [0.29, 0.717) is 32.7 Å². The van der Waals surface area contributed by atoms with Crippen molar-refractivity contribution in [2.45, 2.75) is 32.1 Å². The van der Waals surface area contributed by atoms with Crippen LogP contribution in [0.2, 0.25) is 5.02 Å². The molecule has 0 saturated carbocycles. The molecule has 1 atom stereocenters. The third-order valence-corrected chi connectivity index (χ3v) is 7.36. The van der Waals surface area contributed by atoms with Gasteiger partial charge in [0.05, 0.1) is 36.6 Å². The fraction of sp³-hybridized carbons (Fsp3) is 0.233. The van der Waals surface area contributed by atoms with E-state index in [4.69, 9.17) is 21.1 Å². The van der Waals surface area contributed by atoms with Crippen LogP contribution in [0.1, 0.15) is 46.5 Å². The molecule has 0 spiro atoms. The van der Waals surface area contributed by atoms with E-state index in [9.17, 15) is 19.2 Å². The molecule has 0 unspecified atom stereocenters. The van der Waals surface area contributed by atoms with Gasteiger partial charge in [-0.25, -0.2) is 14.6 Å². The van der Waals surface area contributed by atoms with Crippen LogP contribution in [0.25, 0.3) is 0 Å². The molecule has 9 nitrogen and oxygen atoms in total. The zero-order chi connectivity index (χ0) is 29.4. The minimum absolute atomic E-state index is 0.0823. The lowest BCUT2D eigenvalue weighted by atomic mass is 10.2. The normalized spacial score (nSPS) is 15.6. The minimum atomic E-state index is -0.696. The Labute approximate surface area is 246 Å². The number of aliphatic imine (C=N–C) groups is 1. The number of esters is 2. The highest BCUT2D eigenvalue weighted by Crippen LogP contribution is 2.33. The average molecular weight is 594 g/mol. The summed E-state index contributed by atoms with van der Waals surface area (Å²) in [7, 11) is 0. The van der Waals surface area contributed by atoms with Crippen LogP contribution >= 0.6 is 23.4 Å². The van der Waals surface area contributed by atoms with Gasteiger partial charge in [-0.15, -0.1) is 0 Å². The smallest absolute Gasteiger partial charge is 0.338 e. The SMILES string of the molecule is CCOC(=O)c1ccc(N=C2S[C@H](CC(=O)Nc3ccc(C(=O)OCC)cc3)C(=O)N2Cc2ccc(Cl)cc2)cc1. The number of amidine groups is 1. The summed E-state index contributed by atoms with van der Waals surface area (Å²) in [6.07, 6.45) is -0.0823. The maximum Gasteiger partial charge on any atom is 0.338 e. The molecule has 1 aliphatic heterocycles. The number of rotatable bonds is 10. The van der Waals surface area contributed by atoms with Crippen LogP contribution in [0, 0.1) is 0 Å². The second-order valence-corrected chi connectivity index (χ2v) is 10.5. The number of anilines is 1. The largest absolute Gasteiger partial charge is 0.462 e. The number of ether oxygens (including phenoxy) is 2. The quantitative estimate of drug-likeness (QED) is 0.293. The maximum absolute atomic E-state index is 13.5. The standard InChI is InChI=1S/C30H28ClN3O6S/c1-3-39-28(37)20-7-13-23(14-8-20)32-26(35)17-25-27(36)34(18-19-5-11-22(31)12-6-19)30(41-25)33-24-15-9-21(10-16-24)29(38)40-4-2/h5-16,25H,3-4,17-18H2,1-2H3,(H,32,35)/t25-/m1/s1. The molecule has 0 bridgehead atoms. The molecule has 1 N–H and O–H groups in total. The highest BCUT2D eigenvalue weighted by Gasteiger charge is 2.39. The van der Waals surface area contributed by atoms with E-state index in [2.05, 4.69) is 10.3 Å². The Morgan fingerprint density at radius 3 is 2.00 bits per heavy atom. The summed E-state index contributed by atoms with van der Waals surface area (Å²) in [4.78, 5) is 56.4. The van der Waals surface area contributed by atoms with Crippen LogP contribution in [-0.2, 0) is 25.6 Å². The lowest BCUT2D eigenvalue weighted by Gasteiger charge is -2.17. The zero-order valence-electron chi connectivity index (χ0n) is 22.5. The number of carbonyl (C=O) groups excluding carboxylic acids is 4. The molecule has 0 aliphatic carbocycles. The molecule has 0 radical (unpaired) electrons. The zero-order valence-corrected chi connectivity index (χ0v) is 24.0. The van der Waals surface area contributed by atoms with Gasteiger partial charge >= 0.3 is 11.9 Å². The molecule has 212 valence electrons. The Morgan fingerprint density at radius 2 is 1.44 bits per heavy atom. The Morgan fingerprint density at radius 1 is 0.878 bits per heavy atom. The van der Waals surface area contributed by atoms with Gasteiger partial charge in [-0.2, -0.15) is 0 Å². The van der Waals surface area contributed by atoms with Crippen molar-refractivity contribution in [2.75, 3.05) is 18.5 Å². The number of nitrogens with one attached hydrogen (secondary N) is 1. The van der Waals surface area contributed by atoms with Crippen LogP contribution in [0.5, 0.6) is 0 Å². The molecule has 1 saturated heterocycles. The van der Waals surface area contributed by atoms with Crippen LogP contribution < -0.4 is 5.32 Å². The highest BCUT2D eigenvalue weighted by molar-refractivity contribution is 8.15. The molecule has 1 aliphatic rings. The highest BCUT2D eigenvalue weighted by atomic mass is 35.5. The van der Waals surface area contributed by atoms with Gasteiger partial charge in [-0.05, 0) is 80.1 Å². The number of halogens is 1. The molecule has 1 heterocycles. The van der Waals surface area contributed by atoms with E-state index in [1.807, 2.05) is 12.1 Å². The van der Waals surface area contributed by atoms with E-state index in [1.165, 1.54) is 11.8 Å². The molecule has 41 heavy (non-hydrogen) atoms. The lowest BCUT2D eigenvalue weighted by Crippen LogP contribution is -2.33. The van der Waals surface area contributed by atoms with Gasteiger partial charge in [0, 0.05) is 17.1 Å². The Hall–Kier alpha value is -4.15. The van der Waals surface area contributed by atoms with Gasteiger partial charge in [0.2, 0.25) is 11.8 Å². The molecule has 3 aromatic rings. The molecule has 0 aromatic heterocycles. The number of benzene rings is 3. The fourth-order valence-electron chi connectivity index (χ4n) is 3.92. The number of hydrogen-bond donors (Lipinski definition) is 1. The molecule has 1 fully saturated rings. The van der Waals surface area contributed by atoms with Gasteiger partial charge in [-0.1, -0.05) is 35.5 Å². The number of thioether (sulfide) groups is 1. The van der Waals surface area contributed by atoms with Gasteiger partial charge < -0.3 is 14.8 Å². The Balaban J connectivity index is 1.50. The third kappa shape index (κ3) is 7.96. The Kier molecular flexibility index (Phi) is 10.2. The second-order valence-electron chi connectivity index (χ2n) is 8.87. The van der Waals surface area contributed by atoms with Crippen molar-refractivity contribution < 1.29 is 28.7 Å². The summed E-state index contributed by atoms with van der Waals surface area (Å²) in [5, 5.41) is 3.10. The average Bonchev–Trinajstić information content (AvgIpc) is 3.23. The first-order valence-corrected chi connectivity index (χ1v) is 14.2. The van der Waals surface area contributed by atoms with Crippen molar-refractivity contribution in [3.05, 3.63) is 94.5 Å². The van der Waals surface area contributed by atoms with E-state index in [-0.39, 0.29) is 38.0 Å². The summed E-state index contributed by atoms with van der Waals surface area (Å²) in [5.74, 6) is -1.48.